The molecular formula is C39H30. The number of hydrogen-bond donors (Lipinski definition) is 0. The van der Waals surface area contributed by atoms with Gasteiger partial charge in [-0.25, -0.2) is 0 Å². The van der Waals surface area contributed by atoms with Crippen LogP contribution < -0.4 is 0 Å². The van der Waals surface area contributed by atoms with Crippen molar-refractivity contribution in [3.8, 4) is 55.6 Å². The van der Waals surface area contributed by atoms with Gasteiger partial charge in [-0.15, -0.1) is 0 Å². The van der Waals surface area contributed by atoms with Gasteiger partial charge in [-0.2, -0.15) is 0 Å². The third-order valence-corrected chi connectivity index (χ3v) is 8.28. The Morgan fingerprint density at radius 2 is 0.769 bits per heavy atom. The minimum absolute atomic E-state index is 0.00753. The minimum Gasteiger partial charge on any atom is -0.0622 e. The summed E-state index contributed by atoms with van der Waals surface area (Å²) in [6.07, 6.45) is 0. The molecule has 1 aliphatic rings. The molecule has 0 aromatic heterocycles. The van der Waals surface area contributed by atoms with E-state index in [0.717, 1.165) is 0 Å². The topological polar surface area (TPSA) is 0 Å². The van der Waals surface area contributed by atoms with Crippen molar-refractivity contribution in [2.75, 3.05) is 0 Å². The molecule has 0 heteroatoms. The molecule has 6 aromatic rings. The fourth-order valence-corrected chi connectivity index (χ4v) is 6.23. The fourth-order valence-electron chi connectivity index (χ4n) is 6.23. The molecule has 6 aromatic carbocycles. The molecule has 0 fully saturated rings. The lowest BCUT2D eigenvalue weighted by Gasteiger charge is -2.21. The first kappa shape index (κ1) is 23.4. The molecule has 1 aliphatic carbocycles. The summed E-state index contributed by atoms with van der Waals surface area (Å²) in [7, 11) is 0. The zero-order valence-electron chi connectivity index (χ0n) is 22.4. The van der Waals surface area contributed by atoms with E-state index >= 15 is 0 Å². The van der Waals surface area contributed by atoms with Crippen LogP contribution in [0.4, 0.5) is 0 Å². The van der Waals surface area contributed by atoms with Crippen LogP contribution in [0.25, 0.3) is 55.6 Å². The van der Waals surface area contributed by atoms with Crippen LogP contribution in [0.15, 0.2) is 146 Å². The van der Waals surface area contributed by atoms with E-state index in [2.05, 4.69) is 159 Å². The second-order valence-electron chi connectivity index (χ2n) is 11.0. The summed E-state index contributed by atoms with van der Waals surface area (Å²) in [5, 5.41) is 0. The summed E-state index contributed by atoms with van der Waals surface area (Å²) in [4.78, 5) is 0. The summed E-state index contributed by atoms with van der Waals surface area (Å²) < 4.78 is 0. The van der Waals surface area contributed by atoms with Crippen molar-refractivity contribution >= 4 is 0 Å². The third kappa shape index (κ3) is 4.01. The van der Waals surface area contributed by atoms with Crippen molar-refractivity contribution in [2.24, 2.45) is 0 Å². The number of rotatable bonds is 4. The SMILES string of the molecule is CC1(C)c2ccccc2-c2c(-c3ccc(-c4cc(-c5ccccc5)cc(-c5ccccc5)c4)cc3)cccc21. The molecule has 7 rings (SSSR count). The van der Waals surface area contributed by atoms with Gasteiger partial charge in [-0.3, -0.25) is 0 Å². The second kappa shape index (κ2) is 9.26. The molecular weight excluding hydrogens is 468 g/mol. The first-order chi connectivity index (χ1) is 19.1. The van der Waals surface area contributed by atoms with Gasteiger partial charge in [0.05, 0.1) is 0 Å². The molecule has 0 atom stereocenters. The monoisotopic (exact) mass is 498 g/mol. The van der Waals surface area contributed by atoms with Crippen LogP contribution in [0.5, 0.6) is 0 Å². The average Bonchev–Trinajstić information content (AvgIpc) is 3.24. The van der Waals surface area contributed by atoms with Crippen molar-refractivity contribution in [2.45, 2.75) is 19.3 Å². The Hall–Kier alpha value is -4.68. The Kier molecular flexibility index (Phi) is 5.56. The normalized spacial score (nSPS) is 13.1. The van der Waals surface area contributed by atoms with E-state index in [1.54, 1.807) is 0 Å². The molecule has 0 radical (unpaired) electrons. The van der Waals surface area contributed by atoms with Crippen LogP contribution >= 0.6 is 0 Å². The molecule has 0 nitrogen and oxygen atoms in total. The zero-order chi connectivity index (χ0) is 26.4. The molecule has 0 heterocycles. The quantitative estimate of drug-likeness (QED) is 0.227. The number of fused-ring (bicyclic) bond motifs is 3. The molecule has 39 heavy (non-hydrogen) atoms. The maximum absolute atomic E-state index is 2.34. The predicted octanol–water partition coefficient (Wildman–Crippen LogP) is 10.7. The van der Waals surface area contributed by atoms with Crippen LogP contribution in [0.2, 0.25) is 0 Å². The average molecular weight is 499 g/mol. The maximum atomic E-state index is 2.34. The van der Waals surface area contributed by atoms with Crippen molar-refractivity contribution in [1.82, 2.24) is 0 Å². The highest BCUT2D eigenvalue weighted by molar-refractivity contribution is 5.93. The Balaban J connectivity index is 1.33. The van der Waals surface area contributed by atoms with E-state index in [0.29, 0.717) is 0 Å². The zero-order valence-corrected chi connectivity index (χ0v) is 22.4. The van der Waals surface area contributed by atoms with Gasteiger partial charge < -0.3 is 0 Å². The van der Waals surface area contributed by atoms with Gasteiger partial charge in [-0.05, 0) is 85.0 Å². The lowest BCUT2D eigenvalue weighted by Crippen LogP contribution is -2.14. The summed E-state index contributed by atoms with van der Waals surface area (Å²) in [5.41, 5.74) is 15.5. The first-order valence-electron chi connectivity index (χ1n) is 13.7. The van der Waals surface area contributed by atoms with Crippen LogP contribution in [0.3, 0.4) is 0 Å². The third-order valence-electron chi connectivity index (χ3n) is 8.28. The molecule has 0 N–H and O–H groups in total. The Labute approximate surface area is 231 Å². The van der Waals surface area contributed by atoms with Gasteiger partial charge in [0.15, 0.2) is 0 Å². The van der Waals surface area contributed by atoms with E-state index in [1.165, 1.54) is 66.8 Å². The smallest absolute Gasteiger partial charge is 0.0159 e. The number of benzene rings is 6. The van der Waals surface area contributed by atoms with Crippen LogP contribution in [0.1, 0.15) is 25.0 Å². The van der Waals surface area contributed by atoms with Crippen LogP contribution in [0, 0.1) is 0 Å². The highest BCUT2D eigenvalue weighted by Crippen LogP contribution is 2.52. The van der Waals surface area contributed by atoms with Crippen molar-refractivity contribution < 1.29 is 0 Å². The molecule has 0 bridgehead atoms. The Morgan fingerprint density at radius 1 is 0.333 bits per heavy atom. The molecule has 0 spiro atoms. The lowest BCUT2D eigenvalue weighted by atomic mass is 9.82. The van der Waals surface area contributed by atoms with Gasteiger partial charge in [0.25, 0.3) is 0 Å². The predicted molar refractivity (Wildman–Crippen MR) is 166 cm³/mol. The van der Waals surface area contributed by atoms with Gasteiger partial charge in [-0.1, -0.05) is 141 Å². The standard InChI is InChI=1S/C39H30/c1-39(2)36-18-10-9-16-35(36)38-34(17-11-19-37(38)39)30-22-20-29(21-23-30)33-25-31(27-12-5-3-6-13-27)24-32(26-33)28-14-7-4-8-15-28/h3-26H,1-2H3. The lowest BCUT2D eigenvalue weighted by molar-refractivity contribution is 0.660. The van der Waals surface area contributed by atoms with Gasteiger partial charge in [0.1, 0.15) is 0 Å². The van der Waals surface area contributed by atoms with Gasteiger partial charge in [0.2, 0.25) is 0 Å². The van der Waals surface area contributed by atoms with Crippen molar-refractivity contribution in [1.29, 1.82) is 0 Å². The second-order valence-corrected chi connectivity index (χ2v) is 11.0. The van der Waals surface area contributed by atoms with E-state index in [-0.39, 0.29) is 5.41 Å². The molecule has 0 saturated carbocycles. The van der Waals surface area contributed by atoms with E-state index in [9.17, 15) is 0 Å². The summed E-state index contributed by atoms with van der Waals surface area (Å²) >= 11 is 0. The molecule has 0 unspecified atom stereocenters. The minimum atomic E-state index is 0.00753. The molecule has 0 saturated heterocycles. The van der Waals surface area contributed by atoms with Crippen LogP contribution in [-0.4, -0.2) is 0 Å². The highest BCUT2D eigenvalue weighted by atomic mass is 14.4. The highest BCUT2D eigenvalue weighted by Gasteiger charge is 2.36. The largest absolute Gasteiger partial charge is 0.0622 e. The summed E-state index contributed by atoms with van der Waals surface area (Å²) in [5.74, 6) is 0. The van der Waals surface area contributed by atoms with Crippen molar-refractivity contribution in [3.63, 3.8) is 0 Å². The Morgan fingerprint density at radius 3 is 1.36 bits per heavy atom. The summed E-state index contributed by atoms with van der Waals surface area (Å²) in [6.45, 7) is 4.68. The molecule has 0 aliphatic heterocycles. The van der Waals surface area contributed by atoms with E-state index in [4.69, 9.17) is 0 Å². The maximum Gasteiger partial charge on any atom is 0.0159 e. The van der Waals surface area contributed by atoms with Crippen LogP contribution in [-0.2, 0) is 5.41 Å². The first-order valence-corrected chi connectivity index (χ1v) is 13.7. The molecule has 0 amide bonds. The fraction of sp³-hybridized carbons (Fsp3) is 0.0769. The summed E-state index contributed by atoms with van der Waals surface area (Å²) in [6, 6.07) is 53.1. The molecule has 186 valence electrons. The van der Waals surface area contributed by atoms with E-state index in [1.807, 2.05) is 0 Å². The van der Waals surface area contributed by atoms with Gasteiger partial charge in [0, 0.05) is 5.41 Å². The number of hydrogen-bond acceptors (Lipinski definition) is 0. The van der Waals surface area contributed by atoms with Gasteiger partial charge >= 0.3 is 0 Å². The van der Waals surface area contributed by atoms with Crippen molar-refractivity contribution in [3.05, 3.63) is 157 Å². The van der Waals surface area contributed by atoms with E-state index < -0.39 is 0 Å². The Bertz CT molecular complexity index is 1730.